The molecule has 0 atom stereocenters. The van der Waals surface area contributed by atoms with Gasteiger partial charge in [-0.05, 0) is 40.3 Å². The predicted molar refractivity (Wildman–Crippen MR) is 86.7 cm³/mol. The second-order valence-corrected chi connectivity index (χ2v) is 6.37. The predicted octanol–water partition coefficient (Wildman–Crippen LogP) is 4.10. The van der Waals surface area contributed by atoms with Crippen LogP contribution in [0.15, 0.2) is 53.9 Å². The van der Waals surface area contributed by atoms with E-state index < -0.39 is 0 Å². The van der Waals surface area contributed by atoms with Crippen LogP contribution >= 0.6 is 11.3 Å². The number of hydrogen-bond donors (Lipinski definition) is 0. The molecule has 2 nitrogen and oxygen atoms in total. The highest BCUT2D eigenvalue weighted by Crippen LogP contribution is 2.26. The molecule has 0 bridgehead atoms. The monoisotopic (exact) mass is 293 g/mol. The molecule has 0 radical (unpaired) electrons. The summed E-state index contributed by atoms with van der Waals surface area (Å²) in [5, 5.41) is 4.29. The molecule has 1 aliphatic rings. The molecule has 0 N–H and O–H groups in total. The number of carbonyl (C=O) groups excluding carboxylic acids is 1. The second kappa shape index (κ2) is 5.01. The molecular weight excluding hydrogens is 278 g/mol. The molecule has 0 aliphatic carbocycles. The standard InChI is InChI=1S/C18H15NOS/c20-18(19-10-8-17-14(12-19)9-11-21-17)16-7-3-5-13-4-1-2-6-15(13)16/h1-7,9,11H,8,10,12H2. The first-order chi connectivity index (χ1) is 10.3. The van der Waals surface area contributed by atoms with Gasteiger partial charge in [0.15, 0.2) is 0 Å². The molecule has 2 heterocycles. The summed E-state index contributed by atoms with van der Waals surface area (Å²) in [4.78, 5) is 16.3. The number of carbonyl (C=O) groups is 1. The maximum atomic E-state index is 12.9. The molecule has 0 unspecified atom stereocenters. The maximum absolute atomic E-state index is 12.9. The number of thiophene rings is 1. The summed E-state index contributed by atoms with van der Waals surface area (Å²) < 4.78 is 0. The molecule has 0 saturated carbocycles. The third-order valence-electron chi connectivity index (χ3n) is 4.11. The quantitative estimate of drug-likeness (QED) is 0.661. The average molecular weight is 293 g/mol. The highest BCUT2D eigenvalue weighted by Gasteiger charge is 2.23. The van der Waals surface area contributed by atoms with E-state index in [-0.39, 0.29) is 5.91 Å². The van der Waals surface area contributed by atoms with Crippen molar-refractivity contribution in [2.45, 2.75) is 13.0 Å². The van der Waals surface area contributed by atoms with Crippen LogP contribution in [-0.4, -0.2) is 17.4 Å². The van der Waals surface area contributed by atoms with Crippen molar-refractivity contribution in [3.63, 3.8) is 0 Å². The van der Waals surface area contributed by atoms with Crippen LogP contribution in [0.5, 0.6) is 0 Å². The van der Waals surface area contributed by atoms with Crippen molar-refractivity contribution in [2.24, 2.45) is 0 Å². The second-order valence-electron chi connectivity index (χ2n) is 5.37. The highest BCUT2D eigenvalue weighted by atomic mass is 32.1. The summed E-state index contributed by atoms with van der Waals surface area (Å²) in [6.07, 6.45) is 0.976. The van der Waals surface area contributed by atoms with Gasteiger partial charge in [-0.3, -0.25) is 4.79 Å². The van der Waals surface area contributed by atoms with Gasteiger partial charge in [-0.25, -0.2) is 0 Å². The molecule has 4 rings (SSSR count). The van der Waals surface area contributed by atoms with Crippen molar-refractivity contribution in [1.82, 2.24) is 4.90 Å². The average Bonchev–Trinajstić information content (AvgIpc) is 3.01. The van der Waals surface area contributed by atoms with E-state index >= 15 is 0 Å². The lowest BCUT2D eigenvalue weighted by atomic mass is 10.0. The lowest BCUT2D eigenvalue weighted by molar-refractivity contribution is 0.0738. The molecule has 1 aromatic heterocycles. The molecule has 3 heteroatoms. The van der Waals surface area contributed by atoms with E-state index in [0.29, 0.717) is 0 Å². The third-order valence-corrected chi connectivity index (χ3v) is 5.14. The summed E-state index contributed by atoms with van der Waals surface area (Å²) in [6.45, 7) is 1.55. The Morgan fingerprint density at radius 2 is 1.90 bits per heavy atom. The van der Waals surface area contributed by atoms with Gasteiger partial charge in [-0.15, -0.1) is 11.3 Å². The Labute approximate surface area is 127 Å². The van der Waals surface area contributed by atoms with Gasteiger partial charge in [0.05, 0.1) is 0 Å². The Hall–Kier alpha value is -2.13. The van der Waals surface area contributed by atoms with E-state index in [1.54, 1.807) is 11.3 Å². The van der Waals surface area contributed by atoms with Crippen LogP contribution in [0.25, 0.3) is 10.8 Å². The number of amides is 1. The van der Waals surface area contributed by atoms with E-state index in [1.807, 2.05) is 35.2 Å². The van der Waals surface area contributed by atoms with Crippen molar-refractivity contribution < 1.29 is 4.79 Å². The fourth-order valence-electron chi connectivity index (χ4n) is 3.00. The fourth-order valence-corrected chi connectivity index (χ4v) is 3.89. The zero-order valence-corrected chi connectivity index (χ0v) is 12.4. The Morgan fingerprint density at radius 3 is 2.86 bits per heavy atom. The van der Waals surface area contributed by atoms with Gasteiger partial charge >= 0.3 is 0 Å². The van der Waals surface area contributed by atoms with Crippen molar-refractivity contribution in [3.05, 3.63) is 69.9 Å². The lowest BCUT2D eigenvalue weighted by Gasteiger charge is -2.27. The number of fused-ring (bicyclic) bond motifs is 2. The lowest BCUT2D eigenvalue weighted by Crippen LogP contribution is -2.35. The molecule has 0 spiro atoms. The van der Waals surface area contributed by atoms with Crippen LogP contribution in [0.4, 0.5) is 0 Å². The molecule has 3 aromatic rings. The summed E-state index contributed by atoms with van der Waals surface area (Å²) in [7, 11) is 0. The molecule has 0 saturated heterocycles. The third kappa shape index (κ3) is 2.14. The van der Waals surface area contributed by atoms with Crippen LogP contribution in [0, 0.1) is 0 Å². The topological polar surface area (TPSA) is 20.3 Å². The highest BCUT2D eigenvalue weighted by molar-refractivity contribution is 7.10. The first kappa shape index (κ1) is 12.6. The first-order valence-electron chi connectivity index (χ1n) is 7.15. The number of nitrogens with zero attached hydrogens (tertiary/aromatic N) is 1. The summed E-state index contributed by atoms with van der Waals surface area (Å²) >= 11 is 1.80. The normalized spacial score (nSPS) is 14.2. The minimum absolute atomic E-state index is 0.142. The van der Waals surface area contributed by atoms with E-state index in [4.69, 9.17) is 0 Å². The maximum Gasteiger partial charge on any atom is 0.254 e. The van der Waals surface area contributed by atoms with Crippen LogP contribution < -0.4 is 0 Å². The number of rotatable bonds is 1. The van der Waals surface area contributed by atoms with E-state index in [1.165, 1.54) is 10.4 Å². The first-order valence-corrected chi connectivity index (χ1v) is 8.03. The molecule has 1 aliphatic heterocycles. The van der Waals surface area contributed by atoms with Crippen molar-refractivity contribution in [3.8, 4) is 0 Å². The fraction of sp³-hybridized carbons (Fsp3) is 0.167. The van der Waals surface area contributed by atoms with Crippen molar-refractivity contribution >= 4 is 28.0 Å². The minimum atomic E-state index is 0.142. The summed E-state index contributed by atoms with van der Waals surface area (Å²) in [6, 6.07) is 16.2. The minimum Gasteiger partial charge on any atom is -0.334 e. The Morgan fingerprint density at radius 1 is 1.05 bits per heavy atom. The van der Waals surface area contributed by atoms with Gasteiger partial charge in [0.1, 0.15) is 0 Å². The summed E-state index contributed by atoms with van der Waals surface area (Å²) in [5.41, 5.74) is 2.12. The Balaban J connectivity index is 1.71. The molecule has 1 amide bonds. The van der Waals surface area contributed by atoms with E-state index in [9.17, 15) is 4.79 Å². The smallest absolute Gasteiger partial charge is 0.254 e. The van der Waals surface area contributed by atoms with Crippen molar-refractivity contribution in [2.75, 3.05) is 6.54 Å². The Kier molecular flexibility index (Phi) is 3.00. The van der Waals surface area contributed by atoms with Gasteiger partial charge in [-0.1, -0.05) is 36.4 Å². The van der Waals surface area contributed by atoms with Gasteiger partial charge in [0.25, 0.3) is 5.91 Å². The van der Waals surface area contributed by atoms with Gasteiger partial charge < -0.3 is 4.90 Å². The molecule has 2 aromatic carbocycles. The van der Waals surface area contributed by atoms with Crippen molar-refractivity contribution in [1.29, 1.82) is 0 Å². The molecule has 21 heavy (non-hydrogen) atoms. The largest absolute Gasteiger partial charge is 0.334 e. The SMILES string of the molecule is O=C(c1cccc2ccccc12)N1CCc2sccc2C1. The molecule has 104 valence electrons. The van der Waals surface area contributed by atoms with E-state index in [2.05, 4.69) is 23.6 Å². The van der Waals surface area contributed by atoms with Gasteiger partial charge in [-0.2, -0.15) is 0 Å². The number of benzene rings is 2. The van der Waals surface area contributed by atoms with Crippen LogP contribution in [0.1, 0.15) is 20.8 Å². The van der Waals surface area contributed by atoms with Gasteiger partial charge in [0, 0.05) is 23.5 Å². The molecular formula is C18H15NOS. The molecule has 0 fully saturated rings. The van der Waals surface area contributed by atoms with Crippen LogP contribution in [0.2, 0.25) is 0 Å². The number of hydrogen-bond acceptors (Lipinski definition) is 2. The van der Waals surface area contributed by atoms with Crippen LogP contribution in [-0.2, 0) is 13.0 Å². The zero-order chi connectivity index (χ0) is 14.2. The Bertz CT molecular complexity index is 815. The zero-order valence-electron chi connectivity index (χ0n) is 11.6. The summed E-state index contributed by atoms with van der Waals surface area (Å²) in [5.74, 6) is 0.142. The van der Waals surface area contributed by atoms with Gasteiger partial charge in [0.2, 0.25) is 0 Å². The van der Waals surface area contributed by atoms with E-state index in [0.717, 1.165) is 35.8 Å². The van der Waals surface area contributed by atoms with Crippen LogP contribution in [0.3, 0.4) is 0 Å².